The Hall–Kier alpha value is -1.25. The van der Waals surface area contributed by atoms with Gasteiger partial charge in [-0.05, 0) is 55.4 Å². The number of carbonyl (C=O) groups is 2. The molecule has 0 aromatic heterocycles. The fourth-order valence-electron chi connectivity index (χ4n) is 2.84. The number of rotatable bonds is 16. The highest BCUT2D eigenvalue weighted by atomic mass is 31.2. The molecule has 0 spiro atoms. The lowest BCUT2D eigenvalue weighted by atomic mass is 10.2. The summed E-state index contributed by atoms with van der Waals surface area (Å²) in [5.41, 5.74) is -0.623. The first-order chi connectivity index (χ1) is 15.3. The van der Waals surface area contributed by atoms with Crippen molar-refractivity contribution in [1.29, 1.82) is 0 Å². The summed E-state index contributed by atoms with van der Waals surface area (Å²) in [6.45, 7) is 21.8. The summed E-state index contributed by atoms with van der Waals surface area (Å²) in [4.78, 5) is 23.4. The van der Waals surface area contributed by atoms with E-state index < -0.39 is 26.3 Å². The molecule has 0 radical (unpaired) electrons. The molecular weight excluding hydrogens is 447 g/mol. The van der Waals surface area contributed by atoms with E-state index in [2.05, 4.69) is 44.3 Å². The Morgan fingerprint density at radius 2 is 1.67 bits per heavy atom. The summed E-state index contributed by atoms with van der Waals surface area (Å²) in [6, 6.07) is -0.0446. The van der Waals surface area contributed by atoms with Crippen LogP contribution in [0.2, 0.25) is 0 Å². The van der Waals surface area contributed by atoms with E-state index in [0.29, 0.717) is 19.6 Å². The minimum absolute atomic E-state index is 0.178. The molecule has 33 heavy (non-hydrogen) atoms. The molecule has 10 heteroatoms. The minimum Gasteiger partial charge on any atom is -0.463 e. The zero-order chi connectivity index (χ0) is 25.6. The van der Waals surface area contributed by atoms with E-state index in [1.54, 1.807) is 33.8 Å². The highest BCUT2D eigenvalue weighted by Gasteiger charge is 2.29. The maximum Gasteiger partial charge on any atom is 0.408 e. The molecule has 194 valence electrons. The van der Waals surface area contributed by atoms with Crippen LogP contribution in [0.3, 0.4) is 0 Å². The number of hydrogen-bond acceptors (Lipinski definition) is 8. The van der Waals surface area contributed by atoms with Crippen molar-refractivity contribution in [3.8, 4) is 0 Å². The number of ether oxygens (including phenoxy) is 3. The van der Waals surface area contributed by atoms with Crippen molar-refractivity contribution in [3.05, 3.63) is 12.7 Å². The lowest BCUT2D eigenvalue weighted by molar-refractivity contribution is -0.146. The van der Waals surface area contributed by atoms with E-state index in [9.17, 15) is 9.59 Å². The van der Waals surface area contributed by atoms with E-state index in [4.69, 9.17) is 23.3 Å². The molecule has 0 saturated heterocycles. The molecule has 0 aliphatic rings. The maximum atomic E-state index is 12.3. The van der Waals surface area contributed by atoms with Crippen LogP contribution in [0, 0.1) is 0 Å². The third-order valence-corrected chi connectivity index (χ3v) is 6.05. The minimum atomic E-state index is -1.38. The van der Waals surface area contributed by atoms with Crippen LogP contribution in [0.4, 0.5) is 4.79 Å². The Balaban J connectivity index is 5.12. The Morgan fingerprint density at radius 3 is 2.15 bits per heavy atom. The van der Waals surface area contributed by atoms with Crippen molar-refractivity contribution >= 4 is 20.6 Å². The largest absolute Gasteiger partial charge is 0.463 e. The molecule has 0 saturated carbocycles. The lowest BCUT2D eigenvalue weighted by Gasteiger charge is -2.36. The third kappa shape index (κ3) is 16.1. The summed E-state index contributed by atoms with van der Waals surface area (Å²) in [5.74, 6) is -0.326. The normalized spacial score (nSPS) is 14.8. The second-order valence-electron chi connectivity index (χ2n) is 9.31. The summed E-state index contributed by atoms with van der Waals surface area (Å²) < 4.78 is 30.5. The number of hydrogen-bond donors (Lipinski definition) is 1. The molecule has 0 aliphatic heterocycles. The highest BCUT2D eigenvalue weighted by Crippen LogP contribution is 2.45. The second kappa shape index (κ2) is 16.4. The summed E-state index contributed by atoms with van der Waals surface area (Å²) in [6.07, 6.45) is 1.43. The first-order valence-corrected chi connectivity index (χ1v) is 12.6. The number of nitrogens with zero attached hydrogens (tertiary/aromatic N) is 1. The van der Waals surface area contributed by atoms with Gasteiger partial charge in [0.25, 0.3) is 8.53 Å². The van der Waals surface area contributed by atoms with Crippen molar-refractivity contribution in [2.75, 3.05) is 26.4 Å². The van der Waals surface area contributed by atoms with Gasteiger partial charge in [0.05, 0.1) is 32.5 Å². The highest BCUT2D eigenvalue weighted by molar-refractivity contribution is 7.44. The number of alkyl carbamates (subject to hydrolysis) is 1. The van der Waals surface area contributed by atoms with Crippen LogP contribution in [0.1, 0.15) is 68.7 Å². The summed E-state index contributed by atoms with van der Waals surface area (Å²) in [7, 11) is -1.38. The Labute approximate surface area is 201 Å². The van der Waals surface area contributed by atoms with Gasteiger partial charge in [-0.1, -0.05) is 6.08 Å². The fourth-order valence-corrected chi connectivity index (χ4v) is 4.47. The van der Waals surface area contributed by atoms with Crippen molar-refractivity contribution in [2.45, 2.75) is 98.6 Å². The Bertz CT molecular complexity index is 574. The number of esters is 1. The molecule has 0 aliphatic carbocycles. The molecule has 3 atom stereocenters. The quantitative estimate of drug-likeness (QED) is 0.142. The molecular formula is C23H45N2O7P. The Kier molecular flexibility index (Phi) is 15.8. The standard InChI is InChI=1S/C23H45N2O7P/c1-11-13-29-33(25(17(2)3)18(4)5)30-16-21(24-22(27)32-23(8,9)10)15-28-14-12-19(6)31-20(7)26/h11,17-19,21H,1,12-16H2,2-10H3,(H,24,27)/t19-,21-,33?/m1/s1. The van der Waals surface area contributed by atoms with Gasteiger partial charge in [0.1, 0.15) is 11.7 Å². The third-order valence-electron chi connectivity index (χ3n) is 4.01. The van der Waals surface area contributed by atoms with Crippen LogP contribution >= 0.6 is 8.53 Å². The predicted molar refractivity (Wildman–Crippen MR) is 131 cm³/mol. The van der Waals surface area contributed by atoms with Gasteiger partial charge in [0.15, 0.2) is 0 Å². The molecule has 1 N–H and O–H groups in total. The molecule has 0 heterocycles. The smallest absolute Gasteiger partial charge is 0.408 e. The molecule has 0 bridgehead atoms. The van der Waals surface area contributed by atoms with Gasteiger partial charge < -0.3 is 28.6 Å². The predicted octanol–water partition coefficient (Wildman–Crippen LogP) is 4.80. The van der Waals surface area contributed by atoms with Gasteiger partial charge in [-0.3, -0.25) is 4.79 Å². The van der Waals surface area contributed by atoms with Gasteiger partial charge in [-0.25, -0.2) is 9.46 Å². The van der Waals surface area contributed by atoms with Crippen LogP contribution in [0.25, 0.3) is 0 Å². The van der Waals surface area contributed by atoms with E-state index in [0.717, 1.165) is 0 Å². The van der Waals surface area contributed by atoms with Crippen LogP contribution in [0.5, 0.6) is 0 Å². The van der Waals surface area contributed by atoms with Crippen molar-refractivity contribution in [3.63, 3.8) is 0 Å². The molecule has 0 aromatic carbocycles. The zero-order valence-electron chi connectivity index (χ0n) is 21.9. The van der Waals surface area contributed by atoms with Crippen LogP contribution in [-0.2, 0) is 28.1 Å². The van der Waals surface area contributed by atoms with E-state index in [-0.39, 0.29) is 37.4 Å². The topological polar surface area (TPSA) is 95.6 Å². The van der Waals surface area contributed by atoms with Gasteiger partial charge >= 0.3 is 12.1 Å². The van der Waals surface area contributed by atoms with E-state index in [1.165, 1.54) is 6.92 Å². The van der Waals surface area contributed by atoms with Gasteiger partial charge in [0.2, 0.25) is 0 Å². The zero-order valence-corrected chi connectivity index (χ0v) is 22.8. The summed E-state index contributed by atoms with van der Waals surface area (Å²) in [5, 5.41) is 2.82. The summed E-state index contributed by atoms with van der Waals surface area (Å²) >= 11 is 0. The average molecular weight is 493 g/mol. The van der Waals surface area contributed by atoms with Gasteiger partial charge in [-0.15, -0.1) is 6.58 Å². The SMILES string of the molecule is C=CCOP(OC[C@@H](COCC[C@@H](C)OC(C)=O)NC(=O)OC(C)(C)C)N(C(C)C)C(C)C. The maximum absolute atomic E-state index is 12.3. The van der Waals surface area contributed by atoms with Crippen LogP contribution < -0.4 is 5.32 Å². The molecule has 1 amide bonds. The van der Waals surface area contributed by atoms with Gasteiger partial charge in [0, 0.05) is 25.4 Å². The van der Waals surface area contributed by atoms with Crippen molar-refractivity contribution in [2.24, 2.45) is 0 Å². The van der Waals surface area contributed by atoms with Crippen LogP contribution in [-0.4, -0.2) is 73.0 Å². The first-order valence-electron chi connectivity index (χ1n) is 11.5. The van der Waals surface area contributed by atoms with Crippen LogP contribution in [0.15, 0.2) is 12.7 Å². The lowest BCUT2D eigenvalue weighted by Crippen LogP contribution is -2.44. The molecule has 0 aromatic rings. The fraction of sp³-hybridized carbons (Fsp3) is 0.826. The van der Waals surface area contributed by atoms with E-state index >= 15 is 0 Å². The molecule has 1 unspecified atom stereocenters. The van der Waals surface area contributed by atoms with Crippen molar-refractivity contribution < 1.29 is 32.8 Å². The molecule has 0 fully saturated rings. The second-order valence-corrected chi connectivity index (χ2v) is 10.8. The number of carbonyl (C=O) groups excluding carboxylic acids is 2. The molecule has 0 rings (SSSR count). The average Bonchev–Trinajstić information content (AvgIpc) is 2.63. The Morgan fingerprint density at radius 1 is 1.06 bits per heavy atom. The monoisotopic (exact) mass is 492 g/mol. The molecule has 9 nitrogen and oxygen atoms in total. The van der Waals surface area contributed by atoms with Crippen molar-refractivity contribution in [1.82, 2.24) is 9.99 Å². The van der Waals surface area contributed by atoms with Gasteiger partial charge in [-0.2, -0.15) is 0 Å². The first kappa shape index (κ1) is 31.8. The number of amides is 1. The number of nitrogens with one attached hydrogen (secondary N) is 1. The van der Waals surface area contributed by atoms with E-state index in [1.807, 2.05) is 0 Å².